The van der Waals surface area contributed by atoms with E-state index in [1.165, 1.54) is 42.4 Å². The first kappa shape index (κ1) is 24.3. The molecule has 4 rings (SSSR count). The molecule has 0 saturated heterocycles. The number of hydrogen-bond acceptors (Lipinski definition) is 6. The molecule has 0 spiro atoms. The van der Waals surface area contributed by atoms with Gasteiger partial charge in [-0.3, -0.25) is 4.79 Å². The number of nitrogens with zero attached hydrogens (tertiary/aromatic N) is 4. The van der Waals surface area contributed by atoms with Crippen LogP contribution in [0, 0.1) is 0 Å². The molecule has 0 bridgehead atoms. The lowest BCUT2D eigenvalue weighted by Gasteiger charge is -2.21. The van der Waals surface area contributed by atoms with Crippen molar-refractivity contribution in [2.45, 2.75) is 56.1 Å². The van der Waals surface area contributed by atoms with Crippen LogP contribution in [0.1, 0.15) is 54.3 Å². The van der Waals surface area contributed by atoms with E-state index in [0.29, 0.717) is 34.1 Å². The van der Waals surface area contributed by atoms with Gasteiger partial charge >= 0.3 is 0 Å². The van der Waals surface area contributed by atoms with Crippen LogP contribution in [0.15, 0.2) is 42.2 Å². The SMILES string of the molecule is C=CCn1c(SCC(=O)Nc2ncc(Cc3ccc(Cl)c(Cl)c3)s2)nnc1C1CCCCC1. The third-order valence-electron chi connectivity index (χ3n) is 5.52. The van der Waals surface area contributed by atoms with Crippen LogP contribution < -0.4 is 5.32 Å². The number of benzene rings is 1. The maximum Gasteiger partial charge on any atom is 0.236 e. The highest BCUT2D eigenvalue weighted by atomic mass is 35.5. The fourth-order valence-corrected chi connectivity index (χ4v) is 5.89. The van der Waals surface area contributed by atoms with Gasteiger partial charge in [-0.25, -0.2) is 4.98 Å². The quantitative estimate of drug-likeness (QED) is 0.253. The van der Waals surface area contributed by atoms with Gasteiger partial charge in [0.05, 0.1) is 15.8 Å². The van der Waals surface area contributed by atoms with Crippen LogP contribution >= 0.6 is 46.3 Å². The highest BCUT2D eigenvalue weighted by molar-refractivity contribution is 7.99. The Morgan fingerprint density at radius 3 is 2.82 bits per heavy atom. The van der Waals surface area contributed by atoms with E-state index in [2.05, 4.69) is 31.6 Å². The summed E-state index contributed by atoms with van der Waals surface area (Å²) in [7, 11) is 0. The Bertz CT molecular complexity index is 1120. The monoisotopic (exact) mass is 521 g/mol. The minimum absolute atomic E-state index is 0.122. The van der Waals surface area contributed by atoms with Crippen LogP contribution in [-0.4, -0.2) is 31.4 Å². The Labute approximate surface area is 211 Å². The Kier molecular flexibility index (Phi) is 8.46. The summed E-state index contributed by atoms with van der Waals surface area (Å²) in [5, 5.41) is 14.1. The van der Waals surface area contributed by atoms with Crippen LogP contribution in [0.4, 0.5) is 5.13 Å². The lowest BCUT2D eigenvalue weighted by atomic mass is 9.89. The van der Waals surface area contributed by atoms with E-state index >= 15 is 0 Å². The third-order valence-corrected chi connectivity index (χ3v) is 8.14. The second-order valence-electron chi connectivity index (χ2n) is 7.97. The van der Waals surface area contributed by atoms with E-state index in [1.54, 1.807) is 12.3 Å². The Morgan fingerprint density at radius 1 is 1.24 bits per heavy atom. The lowest BCUT2D eigenvalue weighted by molar-refractivity contribution is -0.113. The number of anilines is 1. The van der Waals surface area contributed by atoms with E-state index < -0.39 is 0 Å². The van der Waals surface area contributed by atoms with Gasteiger partial charge in [-0.15, -0.1) is 28.1 Å². The van der Waals surface area contributed by atoms with Gasteiger partial charge in [0.2, 0.25) is 5.91 Å². The number of allylic oxidation sites excluding steroid dienone is 1. The van der Waals surface area contributed by atoms with E-state index in [1.807, 2.05) is 18.2 Å². The third kappa shape index (κ3) is 6.38. The number of carbonyl (C=O) groups is 1. The highest BCUT2D eigenvalue weighted by Crippen LogP contribution is 2.33. The summed E-state index contributed by atoms with van der Waals surface area (Å²) in [6.45, 7) is 4.52. The molecule has 1 aromatic carbocycles. The summed E-state index contributed by atoms with van der Waals surface area (Å²) in [6, 6.07) is 5.56. The van der Waals surface area contributed by atoms with Crippen molar-refractivity contribution in [1.82, 2.24) is 19.7 Å². The highest BCUT2D eigenvalue weighted by Gasteiger charge is 2.23. The molecular formula is C23H25Cl2N5OS2. The van der Waals surface area contributed by atoms with E-state index in [4.69, 9.17) is 23.2 Å². The van der Waals surface area contributed by atoms with Crippen molar-refractivity contribution in [3.63, 3.8) is 0 Å². The number of hydrogen-bond donors (Lipinski definition) is 1. The van der Waals surface area contributed by atoms with Crippen molar-refractivity contribution in [3.05, 3.63) is 63.4 Å². The van der Waals surface area contributed by atoms with Gasteiger partial charge in [-0.2, -0.15) is 0 Å². The second-order valence-corrected chi connectivity index (χ2v) is 10.8. The Hall–Kier alpha value is -1.87. The number of rotatable bonds is 9. The van der Waals surface area contributed by atoms with Crippen LogP contribution in [0.2, 0.25) is 10.0 Å². The molecule has 33 heavy (non-hydrogen) atoms. The molecular weight excluding hydrogens is 497 g/mol. The summed E-state index contributed by atoms with van der Waals surface area (Å²) < 4.78 is 2.10. The van der Waals surface area contributed by atoms with Gasteiger partial charge in [0.25, 0.3) is 0 Å². The largest absolute Gasteiger partial charge is 0.302 e. The number of thiazole rings is 1. The Balaban J connectivity index is 1.33. The maximum atomic E-state index is 12.5. The Morgan fingerprint density at radius 2 is 2.06 bits per heavy atom. The van der Waals surface area contributed by atoms with Crippen molar-refractivity contribution >= 4 is 57.3 Å². The predicted octanol–water partition coefficient (Wildman–Crippen LogP) is 6.60. The zero-order valence-electron chi connectivity index (χ0n) is 18.1. The first-order valence-corrected chi connectivity index (χ1v) is 13.4. The van der Waals surface area contributed by atoms with Crippen LogP contribution in [0.25, 0.3) is 0 Å². The van der Waals surface area contributed by atoms with E-state index in [9.17, 15) is 4.79 Å². The van der Waals surface area contributed by atoms with E-state index in [0.717, 1.165) is 34.3 Å². The fraction of sp³-hybridized carbons (Fsp3) is 0.391. The molecule has 1 N–H and O–H groups in total. The minimum Gasteiger partial charge on any atom is -0.302 e. The second kappa shape index (κ2) is 11.5. The summed E-state index contributed by atoms with van der Waals surface area (Å²) in [6.07, 6.45) is 10.4. The molecule has 2 heterocycles. The molecule has 1 saturated carbocycles. The molecule has 0 unspecified atom stereocenters. The molecule has 174 valence electrons. The number of carbonyl (C=O) groups excluding carboxylic acids is 1. The number of thioether (sulfide) groups is 1. The molecule has 1 aliphatic rings. The fourth-order valence-electron chi connectivity index (χ4n) is 3.95. The molecule has 2 aromatic heterocycles. The van der Waals surface area contributed by atoms with Gasteiger partial charge < -0.3 is 9.88 Å². The number of aromatic nitrogens is 4. The van der Waals surface area contributed by atoms with Crippen LogP contribution in [-0.2, 0) is 17.8 Å². The van der Waals surface area contributed by atoms with Gasteiger partial charge in [-0.05, 0) is 30.5 Å². The molecule has 1 aliphatic carbocycles. The zero-order valence-corrected chi connectivity index (χ0v) is 21.2. The van der Waals surface area contributed by atoms with E-state index in [-0.39, 0.29) is 11.7 Å². The van der Waals surface area contributed by atoms with Crippen molar-refractivity contribution in [2.24, 2.45) is 0 Å². The molecule has 6 nitrogen and oxygen atoms in total. The number of nitrogens with one attached hydrogen (secondary N) is 1. The van der Waals surface area contributed by atoms with Crippen molar-refractivity contribution in [3.8, 4) is 0 Å². The zero-order chi connectivity index (χ0) is 23.2. The maximum absolute atomic E-state index is 12.5. The van der Waals surface area contributed by atoms with Crippen molar-refractivity contribution in [2.75, 3.05) is 11.1 Å². The number of amides is 1. The topological polar surface area (TPSA) is 72.7 Å². The first-order valence-electron chi connectivity index (χ1n) is 10.9. The number of halogens is 2. The smallest absolute Gasteiger partial charge is 0.236 e. The molecule has 3 aromatic rings. The van der Waals surface area contributed by atoms with Gasteiger partial charge in [0.15, 0.2) is 10.3 Å². The van der Waals surface area contributed by atoms with Gasteiger partial charge in [0.1, 0.15) is 5.82 Å². The summed E-state index contributed by atoms with van der Waals surface area (Å²) in [5.41, 5.74) is 1.04. The molecule has 1 fully saturated rings. The summed E-state index contributed by atoms with van der Waals surface area (Å²) in [4.78, 5) is 17.9. The molecule has 10 heteroatoms. The first-order chi connectivity index (χ1) is 16.0. The van der Waals surface area contributed by atoms with Crippen LogP contribution in [0.3, 0.4) is 0 Å². The summed E-state index contributed by atoms with van der Waals surface area (Å²) >= 11 is 14.9. The standard InChI is InChI=1S/C23H25Cl2N5OS2/c1-2-10-30-21(16-6-4-3-5-7-16)28-29-23(30)32-14-20(31)27-22-26-13-17(33-22)11-15-8-9-18(24)19(25)12-15/h2,8-9,12-13,16H,1,3-7,10-11,14H2,(H,26,27,31). The lowest BCUT2D eigenvalue weighted by Crippen LogP contribution is -2.15. The molecule has 0 aliphatic heterocycles. The average molecular weight is 523 g/mol. The molecule has 1 amide bonds. The van der Waals surface area contributed by atoms with Crippen LogP contribution in [0.5, 0.6) is 0 Å². The molecule has 0 atom stereocenters. The minimum atomic E-state index is -0.122. The van der Waals surface area contributed by atoms with Gasteiger partial charge in [-0.1, -0.05) is 66.4 Å². The summed E-state index contributed by atoms with van der Waals surface area (Å²) in [5.74, 6) is 1.58. The average Bonchev–Trinajstić information content (AvgIpc) is 3.42. The van der Waals surface area contributed by atoms with Crippen molar-refractivity contribution < 1.29 is 4.79 Å². The van der Waals surface area contributed by atoms with Gasteiger partial charge in [0, 0.05) is 30.0 Å². The molecule has 0 radical (unpaired) electrons. The van der Waals surface area contributed by atoms with Crippen molar-refractivity contribution in [1.29, 1.82) is 0 Å². The predicted molar refractivity (Wildman–Crippen MR) is 137 cm³/mol. The normalized spacial score (nSPS) is 14.4.